The summed E-state index contributed by atoms with van der Waals surface area (Å²) >= 11 is 0. The Morgan fingerprint density at radius 3 is 2.72 bits per heavy atom. The van der Waals surface area contributed by atoms with Gasteiger partial charge in [0, 0.05) is 13.1 Å². The summed E-state index contributed by atoms with van der Waals surface area (Å²) in [5.41, 5.74) is 1.31. The summed E-state index contributed by atoms with van der Waals surface area (Å²) in [5.74, 6) is 2.60. The molecule has 1 atom stereocenters. The van der Waals surface area contributed by atoms with Crippen molar-refractivity contribution in [2.75, 3.05) is 6.54 Å². The molecule has 1 unspecified atom stereocenters. The second-order valence-corrected chi connectivity index (χ2v) is 8.33. The number of hydrogen-bond acceptors (Lipinski definition) is 4. The van der Waals surface area contributed by atoms with E-state index in [0.29, 0.717) is 41.2 Å². The second-order valence-electron chi connectivity index (χ2n) is 8.33. The number of benzene rings is 1. The van der Waals surface area contributed by atoms with E-state index in [2.05, 4.69) is 0 Å². The maximum atomic E-state index is 13.3. The zero-order chi connectivity index (χ0) is 20.1. The first-order valence-corrected chi connectivity index (χ1v) is 10.4. The van der Waals surface area contributed by atoms with Crippen molar-refractivity contribution in [3.8, 4) is 0 Å². The van der Waals surface area contributed by atoms with E-state index in [-0.39, 0.29) is 17.5 Å². The van der Waals surface area contributed by atoms with Gasteiger partial charge >= 0.3 is 0 Å². The number of likely N-dealkylation sites (tertiary alicyclic amines) is 1. The van der Waals surface area contributed by atoms with Gasteiger partial charge in [0.25, 0.3) is 11.5 Å². The number of carbonyl (C=O) groups excluding carboxylic acids is 1. The van der Waals surface area contributed by atoms with E-state index < -0.39 is 0 Å². The van der Waals surface area contributed by atoms with Gasteiger partial charge in [-0.05, 0) is 63.6 Å². The first-order valence-electron chi connectivity index (χ1n) is 10.4. The molecular formula is C23H25N3O3. The predicted octanol–water partition coefficient (Wildman–Crippen LogP) is 3.99. The quantitative estimate of drug-likeness (QED) is 0.674. The lowest BCUT2D eigenvalue weighted by molar-refractivity contribution is 0.0724. The predicted molar refractivity (Wildman–Crippen MR) is 110 cm³/mol. The van der Waals surface area contributed by atoms with Crippen LogP contribution in [0.15, 0.2) is 39.5 Å². The summed E-state index contributed by atoms with van der Waals surface area (Å²) in [6.07, 6.45) is 4.02. The van der Waals surface area contributed by atoms with Crippen molar-refractivity contribution >= 4 is 16.8 Å². The van der Waals surface area contributed by atoms with Crippen molar-refractivity contribution in [1.29, 1.82) is 0 Å². The highest BCUT2D eigenvalue weighted by Crippen LogP contribution is 2.36. The topological polar surface area (TPSA) is 68.3 Å². The second kappa shape index (κ2) is 6.87. The third-order valence-corrected chi connectivity index (χ3v) is 6.11. The van der Waals surface area contributed by atoms with Gasteiger partial charge in [0.2, 0.25) is 0 Å². The SMILES string of the molecule is Cc1cc(C(=O)N2CCCC2c2nc3ccccc3c(=O)n2CC2CC2)c(C)o1. The van der Waals surface area contributed by atoms with Gasteiger partial charge in [-0.1, -0.05) is 12.1 Å². The summed E-state index contributed by atoms with van der Waals surface area (Å²) in [5, 5.41) is 0.647. The molecule has 6 nitrogen and oxygen atoms in total. The van der Waals surface area contributed by atoms with Crippen LogP contribution in [-0.4, -0.2) is 26.9 Å². The van der Waals surface area contributed by atoms with Crippen LogP contribution in [0.1, 0.15) is 59.4 Å². The fourth-order valence-corrected chi connectivity index (χ4v) is 4.45. The third kappa shape index (κ3) is 3.16. The average molecular weight is 391 g/mol. The van der Waals surface area contributed by atoms with Crippen LogP contribution < -0.4 is 5.56 Å². The van der Waals surface area contributed by atoms with Gasteiger partial charge in [-0.15, -0.1) is 0 Å². The van der Waals surface area contributed by atoms with Gasteiger partial charge in [-0.2, -0.15) is 0 Å². The van der Waals surface area contributed by atoms with E-state index in [1.54, 1.807) is 6.07 Å². The van der Waals surface area contributed by atoms with Gasteiger partial charge in [0.1, 0.15) is 17.3 Å². The minimum atomic E-state index is -0.187. The summed E-state index contributed by atoms with van der Waals surface area (Å²) in [4.78, 5) is 33.4. The molecule has 3 aromatic rings. The fraction of sp³-hybridized carbons (Fsp3) is 0.435. The molecule has 3 heterocycles. The Bertz CT molecular complexity index is 1160. The molecule has 1 amide bonds. The lowest BCUT2D eigenvalue weighted by atomic mass is 10.1. The maximum absolute atomic E-state index is 13.3. The van der Waals surface area contributed by atoms with Gasteiger partial charge in [0.15, 0.2) is 0 Å². The molecule has 1 aliphatic carbocycles. The van der Waals surface area contributed by atoms with Crippen LogP contribution >= 0.6 is 0 Å². The standard InChI is InChI=1S/C23H25N3O3/c1-14-12-18(15(2)29-14)23(28)25-11-5-8-20(25)21-24-19-7-4-3-6-17(19)22(27)26(21)13-16-9-10-16/h3-4,6-7,12,16,20H,5,8-11,13H2,1-2H3. The summed E-state index contributed by atoms with van der Waals surface area (Å²) in [7, 11) is 0. The average Bonchev–Trinajstić information content (AvgIpc) is 3.27. The Hall–Kier alpha value is -2.89. The highest BCUT2D eigenvalue weighted by atomic mass is 16.3. The molecule has 150 valence electrons. The first-order chi connectivity index (χ1) is 14.0. The van der Waals surface area contributed by atoms with Gasteiger partial charge in [-0.3, -0.25) is 14.2 Å². The minimum Gasteiger partial charge on any atom is -0.466 e. The largest absolute Gasteiger partial charge is 0.466 e. The van der Waals surface area contributed by atoms with Gasteiger partial charge in [-0.25, -0.2) is 4.98 Å². The molecule has 2 aromatic heterocycles. The zero-order valence-corrected chi connectivity index (χ0v) is 16.9. The van der Waals surface area contributed by atoms with Crippen molar-refractivity contribution in [1.82, 2.24) is 14.5 Å². The molecule has 0 radical (unpaired) electrons. The number of aryl methyl sites for hydroxylation is 2. The monoisotopic (exact) mass is 391 g/mol. The number of aromatic nitrogens is 2. The number of carbonyl (C=O) groups is 1. The number of para-hydroxylation sites is 1. The molecule has 1 saturated heterocycles. The van der Waals surface area contributed by atoms with Crippen LogP contribution in [0.2, 0.25) is 0 Å². The Labute approximate surface area is 169 Å². The number of nitrogens with zero attached hydrogens (tertiary/aromatic N) is 3. The molecule has 5 rings (SSSR count). The molecule has 2 fully saturated rings. The molecule has 1 saturated carbocycles. The highest BCUT2D eigenvalue weighted by Gasteiger charge is 2.36. The van der Waals surface area contributed by atoms with Crippen molar-refractivity contribution < 1.29 is 9.21 Å². The number of rotatable bonds is 4. The Morgan fingerprint density at radius 2 is 2.00 bits per heavy atom. The van der Waals surface area contributed by atoms with Crippen LogP contribution in [-0.2, 0) is 6.54 Å². The third-order valence-electron chi connectivity index (χ3n) is 6.11. The fourth-order valence-electron chi connectivity index (χ4n) is 4.45. The Kier molecular flexibility index (Phi) is 4.30. The van der Waals surface area contributed by atoms with E-state index in [1.165, 1.54) is 0 Å². The lowest BCUT2D eigenvalue weighted by Crippen LogP contribution is -2.36. The first kappa shape index (κ1) is 18.2. The smallest absolute Gasteiger partial charge is 0.261 e. The molecule has 2 aliphatic rings. The number of hydrogen-bond donors (Lipinski definition) is 0. The Balaban J connectivity index is 1.60. The number of fused-ring (bicyclic) bond motifs is 1. The molecule has 0 spiro atoms. The summed E-state index contributed by atoms with van der Waals surface area (Å²) in [6, 6.07) is 9.12. The van der Waals surface area contributed by atoms with E-state index >= 15 is 0 Å². The minimum absolute atomic E-state index is 0.00661. The summed E-state index contributed by atoms with van der Waals surface area (Å²) < 4.78 is 7.42. The van der Waals surface area contributed by atoms with Crippen LogP contribution in [0.5, 0.6) is 0 Å². The zero-order valence-electron chi connectivity index (χ0n) is 16.9. The van der Waals surface area contributed by atoms with Crippen LogP contribution in [0.4, 0.5) is 0 Å². The lowest BCUT2D eigenvalue weighted by Gasteiger charge is -2.26. The molecule has 6 heteroatoms. The van der Waals surface area contributed by atoms with Gasteiger partial charge in [0.05, 0.1) is 22.5 Å². The Morgan fingerprint density at radius 1 is 1.21 bits per heavy atom. The summed E-state index contributed by atoms with van der Waals surface area (Å²) in [6.45, 7) is 5.03. The van der Waals surface area contributed by atoms with E-state index in [0.717, 1.165) is 37.3 Å². The van der Waals surface area contributed by atoms with Crippen molar-refractivity contribution in [2.24, 2.45) is 5.92 Å². The molecule has 1 aromatic carbocycles. The van der Waals surface area contributed by atoms with Crippen LogP contribution in [0.3, 0.4) is 0 Å². The van der Waals surface area contributed by atoms with Crippen molar-refractivity contribution in [2.45, 2.75) is 52.1 Å². The molecular weight excluding hydrogens is 366 g/mol. The molecule has 1 aliphatic heterocycles. The molecule has 29 heavy (non-hydrogen) atoms. The number of amides is 1. The van der Waals surface area contributed by atoms with Crippen molar-refractivity contribution in [3.63, 3.8) is 0 Å². The maximum Gasteiger partial charge on any atom is 0.261 e. The van der Waals surface area contributed by atoms with E-state index in [9.17, 15) is 9.59 Å². The van der Waals surface area contributed by atoms with Crippen LogP contribution in [0, 0.1) is 19.8 Å². The van der Waals surface area contributed by atoms with Crippen LogP contribution in [0.25, 0.3) is 10.9 Å². The van der Waals surface area contributed by atoms with Crippen molar-refractivity contribution in [3.05, 3.63) is 63.6 Å². The molecule has 0 bridgehead atoms. The van der Waals surface area contributed by atoms with E-state index in [4.69, 9.17) is 9.40 Å². The van der Waals surface area contributed by atoms with Gasteiger partial charge < -0.3 is 9.32 Å². The number of furan rings is 1. The highest BCUT2D eigenvalue weighted by molar-refractivity contribution is 5.95. The van der Waals surface area contributed by atoms with E-state index in [1.807, 2.05) is 47.6 Å². The molecule has 0 N–H and O–H groups in total. The normalized spacial score (nSPS) is 19.2.